The van der Waals surface area contributed by atoms with Gasteiger partial charge >= 0.3 is 5.97 Å². The number of amides is 2. The number of hydrogen-bond donors (Lipinski definition) is 1. The average Bonchev–Trinajstić information content (AvgIpc) is 3.51. The first-order valence-electron chi connectivity index (χ1n) is 11.6. The van der Waals surface area contributed by atoms with E-state index in [4.69, 9.17) is 9.47 Å². The predicted octanol–water partition coefficient (Wildman–Crippen LogP) is 4.09. The molecule has 8 heteroatoms. The second-order valence-electron chi connectivity index (χ2n) is 8.38. The van der Waals surface area contributed by atoms with Crippen LogP contribution >= 0.6 is 11.3 Å². The highest BCUT2D eigenvalue weighted by atomic mass is 32.1. The van der Waals surface area contributed by atoms with Gasteiger partial charge in [0.15, 0.2) is 0 Å². The van der Waals surface area contributed by atoms with Gasteiger partial charge in [-0.3, -0.25) is 19.7 Å². The second kappa shape index (κ2) is 9.65. The number of esters is 1. The van der Waals surface area contributed by atoms with Crippen LogP contribution in [0.15, 0.2) is 41.8 Å². The molecule has 1 aromatic heterocycles. The van der Waals surface area contributed by atoms with Crippen molar-refractivity contribution in [2.75, 3.05) is 18.1 Å². The number of thiophene rings is 1. The van der Waals surface area contributed by atoms with Gasteiger partial charge in [-0.05, 0) is 56.0 Å². The van der Waals surface area contributed by atoms with Gasteiger partial charge in [0.2, 0.25) is 11.8 Å². The van der Waals surface area contributed by atoms with Crippen LogP contribution in [0.2, 0.25) is 0 Å². The minimum Gasteiger partial charge on any atom is -0.494 e. The molecule has 0 radical (unpaired) electrons. The Morgan fingerprint density at radius 3 is 2.45 bits per heavy atom. The van der Waals surface area contributed by atoms with Gasteiger partial charge in [0.25, 0.3) is 0 Å². The summed E-state index contributed by atoms with van der Waals surface area (Å²) in [6.45, 7) is 6.42. The summed E-state index contributed by atoms with van der Waals surface area (Å²) in [6, 6.07) is 10.4. The Balaban J connectivity index is 1.78. The highest BCUT2D eigenvalue weighted by Crippen LogP contribution is 2.52. The zero-order valence-corrected chi connectivity index (χ0v) is 20.0. The Hall–Kier alpha value is -2.71. The van der Waals surface area contributed by atoms with Crippen LogP contribution in [0.25, 0.3) is 0 Å². The van der Waals surface area contributed by atoms with Crippen molar-refractivity contribution in [3.05, 3.63) is 46.7 Å². The molecule has 2 aromatic rings. The Kier molecular flexibility index (Phi) is 6.86. The molecular weight excluding hydrogens is 440 g/mol. The van der Waals surface area contributed by atoms with Crippen molar-refractivity contribution < 1.29 is 23.9 Å². The molecule has 4 rings (SSSR count). The fourth-order valence-electron chi connectivity index (χ4n) is 5.06. The summed E-state index contributed by atoms with van der Waals surface area (Å²) in [4.78, 5) is 43.1. The number of benzene rings is 1. The highest BCUT2D eigenvalue weighted by Gasteiger charge is 2.68. The van der Waals surface area contributed by atoms with Crippen LogP contribution < -0.4 is 15.0 Å². The summed E-state index contributed by atoms with van der Waals surface area (Å²) in [6.07, 6.45) is 2.02. The van der Waals surface area contributed by atoms with Crippen molar-refractivity contribution in [2.24, 2.45) is 11.8 Å². The number of carbonyl (C=O) groups excluding carboxylic acids is 3. The van der Waals surface area contributed by atoms with E-state index < -0.39 is 29.4 Å². The maximum atomic E-state index is 13.8. The lowest BCUT2D eigenvalue weighted by Gasteiger charge is -2.32. The van der Waals surface area contributed by atoms with Crippen molar-refractivity contribution in [1.82, 2.24) is 5.32 Å². The summed E-state index contributed by atoms with van der Waals surface area (Å²) >= 11 is 1.51. The van der Waals surface area contributed by atoms with E-state index in [1.54, 1.807) is 31.2 Å². The molecule has 2 fully saturated rings. The summed E-state index contributed by atoms with van der Waals surface area (Å²) in [5, 5.41) is 5.37. The van der Waals surface area contributed by atoms with Gasteiger partial charge in [-0.15, -0.1) is 11.3 Å². The van der Waals surface area contributed by atoms with Gasteiger partial charge in [0.1, 0.15) is 11.3 Å². The average molecular weight is 471 g/mol. The number of carbonyl (C=O) groups is 3. The SMILES string of the molecule is CCCCC1(C(=O)OCC)NC(c2cccs2)C2C(=O)N(c3ccc(OCC)cc3)C(=O)C21. The minimum absolute atomic E-state index is 0.209. The molecule has 4 unspecified atom stereocenters. The third-order valence-electron chi connectivity index (χ3n) is 6.47. The number of hydrogen-bond acceptors (Lipinski definition) is 7. The van der Waals surface area contributed by atoms with E-state index in [9.17, 15) is 14.4 Å². The fourth-order valence-corrected chi connectivity index (χ4v) is 5.89. The molecule has 7 nitrogen and oxygen atoms in total. The lowest BCUT2D eigenvalue weighted by molar-refractivity contribution is -0.155. The molecule has 2 amide bonds. The maximum absolute atomic E-state index is 13.8. The number of ether oxygens (including phenoxy) is 2. The molecule has 0 spiro atoms. The normalized spacial score (nSPS) is 26.5. The lowest BCUT2D eigenvalue weighted by Crippen LogP contribution is -2.56. The smallest absolute Gasteiger partial charge is 0.327 e. The summed E-state index contributed by atoms with van der Waals surface area (Å²) in [5.41, 5.74) is -0.751. The molecule has 0 aliphatic carbocycles. The van der Waals surface area contributed by atoms with Gasteiger partial charge in [-0.25, -0.2) is 4.90 Å². The number of nitrogens with one attached hydrogen (secondary N) is 1. The standard InChI is InChI=1S/C25H30N2O5S/c1-4-7-14-25(24(30)32-6-3)20-19(21(26-25)18-9-8-15-33-18)22(28)27(23(20)29)16-10-12-17(13-11-16)31-5-2/h8-13,15,19-21,26H,4-7,14H2,1-3H3. The van der Waals surface area contributed by atoms with Crippen LogP contribution in [-0.2, 0) is 19.1 Å². The van der Waals surface area contributed by atoms with Crippen molar-refractivity contribution in [1.29, 1.82) is 0 Å². The predicted molar refractivity (Wildman–Crippen MR) is 126 cm³/mol. The first kappa shape index (κ1) is 23.4. The number of anilines is 1. The second-order valence-corrected chi connectivity index (χ2v) is 9.35. The molecule has 2 aliphatic rings. The van der Waals surface area contributed by atoms with Crippen LogP contribution in [0.4, 0.5) is 5.69 Å². The molecule has 4 atom stereocenters. The van der Waals surface area contributed by atoms with Gasteiger partial charge in [0.05, 0.1) is 36.8 Å². The topological polar surface area (TPSA) is 84.9 Å². The molecule has 176 valence electrons. The molecule has 0 saturated carbocycles. The number of unbranched alkanes of at least 4 members (excludes halogenated alkanes) is 1. The Labute approximate surface area is 198 Å². The van der Waals surface area contributed by atoms with E-state index in [0.29, 0.717) is 24.5 Å². The van der Waals surface area contributed by atoms with Gasteiger partial charge in [0, 0.05) is 4.88 Å². The van der Waals surface area contributed by atoms with E-state index in [2.05, 4.69) is 5.32 Å². The Morgan fingerprint density at radius 1 is 1.09 bits per heavy atom. The molecular formula is C25H30N2O5S. The third kappa shape index (κ3) is 3.95. The first-order valence-corrected chi connectivity index (χ1v) is 12.4. The largest absolute Gasteiger partial charge is 0.494 e. The fraction of sp³-hybridized carbons (Fsp3) is 0.480. The zero-order chi connectivity index (χ0) is 23.6. The lowest BCUT2D eigenvalue weighted by atomic mass is 9.77. The van der Waals surface area contributed by atoms with E-state index in [1.807, 2.05) is 31.4 Å². The molecule has 1 aromatic carbocycles. The van der Waals surface area contributed by atoms with Crippen LogP contribution in [-0.4, -0.2) is 36.5 Å². The van der Waals surface area contributed by atoms with Crippen LogP contribution in [0.1, 0.15) is 51.0 Å². The monoisotopic (exact) mass is 470 g/mol. The number of nitrogens with zero attached hydrogens (tertiary/aromatic N) is 1. The molecule has 2 aliphatic heterocycles. The Bertz CT molecular complexity index is 1010. The van der Waals surface area contributed by atoms with Gasteiger partial charge in [-0.2, -0.15) is 0 Å². The summed E-state index contributed by atoms with van der Waals surface area (Å²) in [7, 11) is 0. The van der Waals surface area contributed by atoms with Crippen molar-refractivity contribution >= 4 is 34.8 Å². The quantitative estimate of drug-likeness (QED) is 0.439. The number of fused-ring (bicyclic) bond motifs is 1. The summed E-state index contributed by atoms with van der Waals surface area (Å²) < 4.78 is 11.0. The molecule has 1 N–H and O–H groups in total. The van der Waals surface area contributed by atoms with E-state index in [0.717, 1.165) is 17.7 Å². The minimum atomic E-state index is -1.24. The molecule has 33 heavy (non-hydrogen) atoms. The maximum Gasteiger partial charge on any atom is 0.327 e. The Morgan fingerprint density at radius 2 is 1.85 bits per heavy atom. The number of imide groups is 1. The molecule has 3 heterocycles. The van der Waals surface area contributed by atoms with E-state index in [-0.39, 0.29) is 18.4 Å². The van der Waals surface area contributed by atoms with Gasteiger partial charge < -0.3 is 9.47 Å². The number of rotatable bonds is 9. The van der Waals surface area contributed by atoms with E-state index in [1.165, 1.54) is 16.2 Å². The molecule has 0 bridgehead atoms. The third-order valence-corrected chi connectivity index (χ3v) is 7.43. The van der Waals surface area contributed by atoms with E-state index >= 15 is 0 Å². The highest BCUT2D eigenvalue weighted by molar-refractivity contribution is 7.10. The van der Waals surface area contributed by atoms with Crippen molar-refractivity contribution in [2.45, 2.75) is 51.6 Å². The van der Waals surface area contributed by atoms with Crippen LogP contribution in [0.3, 0.4) is 0 Å². The van der Waals surface area contributed by atoms with Gasteiger partial charge in [-0.1, -0.05) is 25.8 Å². The van der Waals surface area contributed by atoms with Crippen LogP contribution in [0, 0.1) is 11.8 Å². The van der Waals surface area contributed by atoms with Crippen molar-refractivity contribution in [3.8, 4) is 5.75 Å². The zero-order valence-electron chi connectivity index (χ0n) is 19.2. The molecule has 2 saturated heterocycles. The van der Waals surface area contributed by atoms with Crippen molar-refractivity contribution in [3.63, 3.8) is 0 Å². The van der Waals surface area contributed by atoms with Crippen LogP contribution in [0.5, 0.6) is 5.75 Å². The summed E-state index contributed by atoms with van der Waals surface area (Å²) in [5.74, 6) is -1.93. The first-order chi connectivity index (χ1) is 16.0.